The summed E-state index contributed by atoms with van der Waals surface area (Å²) in [5.41, 5.74) is 18.7. The van der Waals surface area contributed by atoms with Gasteiger partial charge < -0.3 is 32.0 Å². The van der Waals surface area contributed by atoms with Crippen molar-refractivity contribution in [2.24, 2.45) is 11.5 Å². The Morgan fingerprint density at radius 1 is 1.14 bits per heavy atom. The van der Waals surface area contributed by atoms with Gasteiger partial charge in [-0.2, -0.15) is 0 Å². The number of carbonyl (C=O) groups is 1. The standard InChI is InChI=1S/C20H25FN4O3/c1-4-9-25-20(26)19(24)18(23)12-6-7-14(21)16(17(12)22)13-10-11(27-2)5-8-15(13)28-3/h5-8,10H,4,9,22-24H2,1-3H3,(H,25,26)/b19-18+. The minimum atomic E-state index is -0.574. The molecule has 1 amide bonds. The molecule has 2 aromatic rings. The van der Waals surface area contributed by atoms with Gasteiger partial charge in [0.25, 0.3) is 5.91 Å². The lowest BCUT2D eigenvalue weighted by Gasteiger charge is -2.17. The Balaban J connectivity index is 2.64. The molecule has 0 aliphatic carbocycles. The number of nitrogens with two attached hydrogens (primary N) is 3. The monoisotopic (exact) mass is 388 g/mol. The molecule has 7 nitrogen and oxygen atoms in total. The number of hydrogen-bond donors (Lipinski definition) is 4. The largest absolute Gasteiger partial charge is 0.497 e. The van der Waals surface area contributed by atoms with E-state index >= 15 is 0 Å². The van der Waals surface area contributed by atoms with Crippen molar-refractivity contribution in [3.05, 3.63) is 47.4 Å². The molecule has 2 rings (SSSR count). The first-order chi connectivity index (χ1) is 13.3. The van der Waals surface area contributed by atoms with Crippen LogP contribution in [-0.4, -0.2) is 26.7 Å². The number of rotatable bonds is 7. The predicted molar refractivity (Wildman–Crippen MR) is 108 cm³/mol. The quantitative estimate of drug-likeness (QED) is 0.426. The zero-order valence-electron chi connectivity index (χ0n) is 16.1. The smallest absolute Gasteiger partial charge is 0.269 e. The zero-order valence-corrected chi connectivity index (χ0v) is 16.1. The van der Waals surface area contributed by atoms with Gasteiger partial charge in [-0.15, -0.1) is 0 Å². The van der Waals surface area contributed by atoms with Crippen LogP contribution in [0, 0.1) is 5.82 Å². The Kier molecular flexibility index (Phi) is 6.70. The number of anilines is 1. The Morgan fingerprint density at radius 2 is 1.86 bits per heavy atom. The lowest BCUT2D eigenvalue weighted by molar-refractivity contribution is -0.117. The number of ether oxygens (including phenoxy) is 2. The molecule has 7 N–H and O–H groups in total. The second-order valence-electron chi connectivity index (χ2n) is 6.03. The molecule has 0 bridgehead atoms. The molecule has 150 valence electrons. The van der Waals surface area contributed by atoms with Crippen LogP contribution in [0.2, 0.25) is 0 Å². The van der Waals surface area contributed by atoms with E-state index in [-0.39, 0.29) is 28.2 Å². The Morgan fingerprint density at radius 3 is 2.46 bits per heavy atom. The highest BCUT2D eigenvalue weighted by Crippen LogP contribution is 2.40. The topological polar surface area (TPSA) is 126 Å². The molecule has 0 aromatic heterocycles. The summed E-state index contributed by atoms with van der Waals surface area (Å²) in [7, 11) is 2.96. The maximum atomic E-state index is 14.7. The van der Waals surface area contributed by atoms with Crippen LogP contribution in [0.1, 0.15) is 18.9 Å². The fraction of sp³-hybridized carbons (Fsp3) is 0.250. The summed E-state index contributed by atoms with van der Waals surface area (Å²) in [6.45, 7) is 2.37. The molecule has 0 spiro atoms. The number of amides is 1. The first-order valence-electron chi connectivity index (χ1n) is 8.69. The van der Waals surface area contributed by atoms with Crippen molar-refractivity contribution in [3.8, 4) is 22.6 Å². The second-order valence-corrected chi connectivity index (χ2v) is 6.03. The molecule has 8 heteroatoms. The highest BCUT2D eigenvalue weighted by Gasteiger charge is 2.21. The average molecular weight is 388 g/mol. The van der Waals surface area contributed by atoms with Gasteiger partial charge in [0, 0.05) is 23.2 Å². The van der Waals surface area contributed by atoms with Crippen LogP contribution in [0.25, 0.3) is 16.8 Å². The molecule has 0 saturated carbocycles. The van der Waals surface area contributed by atoms with Crippen molar-refractivity contribution in [1.29, 1.82) is 0 Å². The highest BCUT2D eigenvalue weighted by molar-refractivity contribution is 6.02. The fourth-order valence-corrected chi connectivity index (χ4v) is 2.71. The summed E-state index contributed by atoms with van der Waals surface area (Å²) < 4.78 is 25.3. The van der Waals surface area contributed by atoms with E-state index in [2.05, 4.69) is 5.32 Å². The van der Waals surface area contributed by atoms with Crippen LogP contribution in [0.3, 0.4) is 0 Å². The highest BCUT2D eigenvalue weighted by atomic mass is 19.1. The van der Waals surface area contributed by atoms with E-state index in [9.17, 15) is 9.18 Å². The van der Waals surface area contributed by atoms with Gasteiger partial charge in [0.15, 0.2) is 0 Å². The second kappa shape index (κ2) is 8.98. The van der Waals surface area contributed by atoms with Gasteiger partial charge in [-0.3, -0.25) is 4.79 Å². The maximum Gasteiger partial charge on any atom is 0.269 e. The number of carbonyl (C=O) groups excluding carboxylic acids is 1. The van der Waals surface area contributed by atoms with E-state index in [0.717, 1.165) is 6.42 Å². The number of methoxy groups -OCH3 is 2. The Bertz CT molecular complexity index is 913. The number of nitrogen functional groups attached to an aromatic ring is 1. The van der Waals surface area contributed by atoms with Gasteiger partial charge in [0.1, 0.15) is 23.0 Å². The molecule has 0 fully saturated rings. The molecular weight excluding hydrogens is 363 g/mol. The van der Waals surface area contributed by atoms with Crippen molar-refractivity contribution < 1.29 is 18.7 Å². The van der Waals surface area contributed by atoms with Gasteiger partial charge in [-0.1, -0.05) is 6.92 Å². The lowest BCUT2D eigenvalue weighted by Crippen LogP contribution is -2.31. The van der Waals surface area contributed by atoms with Gasteiger partial charge in [0.2, 0.25) is 0 Å². The van der Waals surface area contributed by atoms with Crippen molar-refractivity contribution in [2.75, 3.05) is 26.5 Å². The van der Waals surface area contributed by atoms with E-state index in [1.165, 1.54) is 26.4 Å². The number of hydrogen-bond acceptors (Lipinski definition) is 6. The maximum absolute atomic E-state index is 14.7. The Hall–Kier alpha value is -3.42. The van der Waals surface area contributed by atoms with E-state index in [1.807, 2.05) is 6.92 Å². The third-order valence-electron chi connectivity index (χ3n) is 4.23. The summed E-state index contributed by atoms with van der Waals surface area (Å²) >= 11 is 0. The predicted octanol–water partition coefficient (Wildman–Crippen LogP) is 2.20. The molecule has 0 atom stereocenters. The van der Waals surface area contributed by atoms with Gasteiger partial charge >= 0.3 is 0 Å². The van der Waals surface area contributed by atoms with Crippen LogP contribution in [0.15, 0.2) is 36.0 Å². The normalized spacial score (nSPS) is 11.6. The van der Waals surface area contributed by atoms with Crippen molar-refractivity contribution in [2.45, 2.75) is 13.3 Å². The minimum absolute atomic E-state index is 0.0331. The van der Waals surface area contributed by atoms with Crippen LogP contribution in [-0.2, 0) is 4.79 Å². The summed E-state index contributed by atoms with van der Waals surface area (Å²) in [4.78, 5) is 12.1. The van der Waals surface area contributed by atoms with Crippen molar-refractivity contribution in [3.63, 3.8) is 0 Å². The SMILES string of the molecule is CCCNC(=O)/C(N)=C(\N)c1ccc(F)c(-c2cc(OC)ccc2OC)c1N. The van der Waals surface area contributed by atoms with Crippen molar-refractivity contribution in [1.82, 2.24) is 5.32 Å². The molecular formula is C20H25FN4O3. The summed E-state index contributed by atoms with van der Waals surface area (Å²) in [6, 6.07) is 7.53. The molecule has 0 unspecified atom stereocenters. The van der Waals surface area contributed by atoms with Crippen molar-refractivity contribution >= 4 is 17.3 Å². The van der Waals surface area contributed by atoms with Crippen LogP contribution in [0.4, 0.5) is 10.1 Å². The third kappa shape index (κ3) is 4.11. The van der Waals surface area contributed by atoms with Crippen LogP contribution >= 0.6 is 0 Å². The Labute approximate surface area is 163 Å². The lowest BCUT2D eigenvalue weighted by atomic mass is 9.96. The van der Waals surface area contributed by atoms with Gasteiger partial charge in [0.05, 0.1) is 25.6 Å². The van der Waals surface area contributed by atoms with E-state index in [0.29, 0.717) is 23.6 Å². The molecule has 0 radical (unpaired) electrons. The molecule has 0 saturated heterocycles. The minimum Gasteiger partial charge on any atom is -0.497 e. The average Bonchev–Trinajstić information content (AvgIpc) is 2.70. The number of benzene rings is 2. The molecule has 2 aromatic carbocycles. The van der Waals surface area contributed by atoms with E-state index < -0.39 is 11.7 Å². The molecule has 0 aliphatic heterocycles. The first-order valence-corrected chi connectivity index (χ1v) is 8.69. The van der Waals surface area contributed by atoms with E-state index in [1.54, 1.807) is 18.2 Å². The fourth-order valence-electron chi connectivity index (χ4n) is 2.71. The third-order valence-corrected chi connectivity index (χ3v) is 4.23. The molecule has 0 aliphatic rings. The molecule has 0 heterocycles. The zero-order chi connectivity index (χ0) is 20.8. The number of halogens is 1. The summed E-state index contributed by atoms with van der Waals surface area (Å²) in [5.74, 6) is -0.181. The summed E-state index contributed by atoms with van der Waals surface area (Å²) in [5, 5.41) is 2.64. The van der Waals surface area contributed by atoms with E-state index in [4.69, 9.17) is 26.7 Å². The van der Waals surface area contributed by atoms with Crippen LogP contribution < -0.4 is 32.0 Å². The van der Waals surface area contributed by atoms with Gasteiger partial charge in [-0.05, 0) is 36.8 Å². The first kappa shape index (κ1) is 20.9. The summed E-state index contributed by atoms with van der Waals surface area (Å²) in [6.07, 6.45) is 0.747. The van der Waals surface area contributed by atoms with Gasteiger partial charge in [-0.25, -0.2) is 4.39 Å². The number of nitrogens with one attached hydrogen (secondary N) is 1. The molecule has 28 heavy (non-hydrogen) atoms. The van der Waals surface area contributed by atoms with Crippen LogP contribution in [0.5, 0.6) is 11.5 Å².